The fourth-order valence-corrected chi connectivity index (χ4v) is 3.42. The number of benzene rings is 1. The van der Waals surface area contributed by atoms with Gasteiger partial charge in [-0.2, -0.15) is 4.99 Å². The molecule has 2 aromatic rings. The maximum atomic E-state index is 12.1. The summed E-state index contributed by atoms with van der Waals surface area (Å²) in [5.74, 6) is 1.03. The zero-order valence-corrected chi connectivity index (χ0v) is 15.0. The molecule has 0 atom stereocenters. The largest absolute Gasteiger partial charge is 0.493 e. The van der Waals surface area contributed by atoms with Crippen molar-refractivity contribution in [3.8, 4) is 11.5 Å². The summed E-state index contributed by atoms with van der Waals surface area (Å²) in [6.07, 6.45) is 5.12. The van der Waals surface area contributed by atoms with Gasteiger partial charge in [0.05, 0.1) is 12.0 Å². The molecule has 6 nitrogen and oxygen atoms in total. The summed E-state index contributed by atoms with van der Waals surface area (Å²) in [5, 5.41) is 5.69. The van der Waals surface area contributed by atoms with Crippen molar-refractivity contribution in [1.82, 2.24) is 10.3 Å². The number of hydrogen-bond acceptors (Lipinski definition) is 7. The first-order chi connectivity index (χ1) is 12.2. The molecule has 1 N–H and O–H groups in total. The molecule has 0 radical (unpaired) electrons. The van der Waals surface area contributed by atoms with Crippen LogP contribution in [0.2, 0.25) is 0 Å². The molecular weight excluding hydrogens is 358 g/mol. The summed E-state index contributed by atoms with van der Waals surface area (Å²) >= 11 is 2.68. The Labute approximate surface area is 153 Å². The predicted molar refractivity (Wildman–Crippen MR) is 102 cm³/mol. The summed E-state index contributed by atoms with van der Waals surface area (Å²) in [4.78, 5) is 21.1. The van der Waals surface area contributed by atoms with Crippen molar-refractivity contribution in [1.29, 1.82) is 0 Å². The van der Waals surface area contributed by atoms with E-state index < -0.39 is 0 Å². The molecule has 1 amide bonds. The smallest absolute Gasteiger partial charge is 0.264 e. The van der Waals surface area contributed by atoms with E-state index in [1.54, 1.807) is 31.5 Å². The Morgan fingerprint density at radius 2 is 2.28 bits per heavy atom. The van der Waals surface area contributed by atoms with Gasteiger partial charge in [-0.05, 0) is 35.5 Å². The number of aromatic nitrogens is 1. The van der Waals surface area contributed by atoms with Crippen LogP contribution < -0.4 is 14.8 Å². The topological polar surface area (TPSA) is 72.8 Å². The minimum atomic E-state index is -0.189. The van der Waals surface area contributed by atoms with Gasteiger partial charge in [-0.1, -0.05) is 18.7 Å². The van der Waals surface area contributed by atoms with E-state index in [1.165, 1.54) is 23.1 Å². The number of aliphatic imine (C=N–C) groups is 1. The average molecular weight is 373 g/mol. The lowest BCUT2D eigenvalue weighted by Crippen LogP contribution is -2.19. The molecule has 0 unspecified atom stereocenters. The fraction of sp³-hybridized carbons (Fsp3) is 0.118. The summed E-state index contributed by atoms with van der Waals surface area (Å²) < 4.78 is 10.9. The Kier molecular flexibility index (Phi) is 5.52. The Morgan fingerprint density at radius 1 is 1.40 bits per heavy atom. The van der Waals surface area contributed by atoms with Crippen LogP contribution >= 0.6 is 23.1 Å². The number of carbonyl (C=O) groups excluding carboxylic acids is 1. The van der Waals surface area contributed by atoms with Gasteiger partial charge in [-0.15, -0.1) is 11.3 Å². The molecule has 0 aliphatic carbocycles. The average Bonchev–Trinajstić information content (AvgIpc) is 3.24. The van der Waals surface area contributed by atoms with E-state index in [9.17, 15) is 4.79 Å². The highest BCUT2D eigenvalue weighted by molar-refractivity contribution is 8.18. The molecule has 1 aliphatic heterocycles. The highest BCUT2D eigenvalue weighted by Gasteiger charge is 2.24. The van der Waals surface area contributed by atoms with E-state index >= 15 is 0 Å². The second kappa shape index (κ2) is 8.00. The normalized spacial score (nSPS) is 16.9. The van der Waals surface area contributed by atoms with Crippen molar-refractivity contribution in [2.75, 3.05) is 13.7 Å². The van der Waals surface area contributed by atoms with E-state index in [4.69, 9.17) is 9.47 Å². The van der Waals surface area contributed by atoms with Crippen LogP contribution in [0.3, 0.4) is 0 Å². The Morgan fingerprint density at radius 3 is 3.00 bits per heavy atom. The van der Waals surface area contributed by atoms with Crippen molar-refractivity contribution < 1.29 is 14.3 Å². The van der Waals surface area contributed by atoms with E-state index in [0.29, 0.717) is 33.3 Å². The Bertz CT molecular complexity index is 845. The fourth-order valence-electron chi connectivity index (χ4n) is 2.03. The van der Waals surface area contributed by atoms with Crippen molar-refractivity contribution in [2.45, 2.75) is 0 Å². The first-order valence-corrected chi connectivity index (χ1v) is 9.00. The lowest BCUT2D eigenvalue weighted by atomic mass is 10.2. The molecule has 0 spiro atoms. The number of amides is 1. The van der Waals surface area contributed by atoms with Crippen LogP contribution in [0.5, 0.6) is 11.5 Å². The van der Waals surface area contributed by atoms with Crippen LogP contribution in [0.25, 0.3) is 6.08 Å². The van der Waals surface area contributed by atoms with Crippen molar-refractivity contribution in [3.63, 3.8) is 0 Å². The zero-order chi connectivity index (χ0) is 17.6. The molecule has 128 valence electrons. The number of hydrogen-bond donors (Lipinski definition) is 1. The van der Waals surface area contributed by atoms with Crippen LogP contribution in [0.4, 0.5) is 5.13 Å². The molecule has 0 bridgehead atoms. The highest BCUT2D eigenvalue weighted by Crippen LogP contribution is 2.32. The quantitative estimate of drug-likeness (QED) is 0.619. The Hall–Kier alpha value is -2.58. The van der Waals surface area contributed by atoms with Crippen molar-refractivity contribution >= 4 is 45.4 Å². The van der Waals surface area contributed by atoms with Gasteiger partial charge >= 0.3 is 0 Å². The second-order valence-corrected chi connectivity index (χ2v) is 6.71. The first kappa shape index (κ1) is 17.2. The van der Waals surface area contributed by atoms with Gasteiger partial charge in [-0.25, -0.2) is 4.98 Å². The van der Waals surface area contributed by atoms with Crippen LogP contribution in [0, 0.1) is 0 Å². The van der Waals surface area contributed by atoms with Gasteiger partial charge < -0.3 is 14.8 Å². The molecule has 2 heterocycles. The third-order valence-corrected chi connectivity index (χ3v) is 4.68. The lowest BCUT2D eigenvalue weighted by Gasteiger charge is -2.09. The van der Waals surface area contributed by atoms with Gasteiger partial charge in [0.25, 0.3) is 5.91 Å². The molecule has 0 saturated carbocycles. The van der Waals surface area contributed by atoms with Gasteiger partial charge in [-0.3, -0.25) is 4.79 Å². The first-order valence-electron chi connectivity index (χ1n) is 7.30. The third-order valence-electron chi connectivity index (χ3n) is 3.11. The summed E-state index contributed by atoms with van der Waals surface area (Å²) in [6.45, 7) is 4.02. The maximum absolute atomic E-state index is 12.1. The standard InChI is InChI=1S/C17H15N3O3S2/c1-3-7-23-12-5-4-11(9-13(12)22-2)10-14-15(21)19-17(25-14)20-16-18-6-8-24-16/h3-6,8-10H,1,7H2,2H3,(H,18,19,20,21). The predicted octanol–water partition coefficient (Wildman–Crippen LogP) is 3.61. The second-order valence-electron chi connectivity index (χ2n) is 4.81. The number of methoxy groups -OCH3 is 1. The molecule has 1 fully saturated rings. The van der Waals surface area contributed by atoms with Crippen LogP contribution in [-0.2, 0) is 4.79 Å². The number of amidine groups is 1. The third kappa shape index (κ3) is 4.28. The van der Waals surface area contributed by atoms with Gasteiger partial charge in [0, 0.05) is 11.6 Å². The van der Waals surface area contributed by atoms with Crippen LogP contribution in [-0.4, -0.2) is 29.8 Å². The van der Waals surface area contributed by atoms with E-state index in [1.807, 2.05) is 17.5 Å². The number of rotatable bonds is 6. The lowest BCUT2D eigenvalue weighted by molar-refractivity contribution is -0.115. The Balaban J connectivity index is 1.80. The molecule has 1 aromatic heterocycles. The van der Waals surface area contributed by atoms with E-state index in [0.717, 1.165) is 5.56 Å². The summed E-state index contributed by atoms with van der Waals surface area (Å²) in [6, 6.07) is 5.48. The van der Waals surface area contributed by atoms with E-state index in [-0.39, 0.29) is 5.91 Å². The maximum Gasteiger partial charge on any atom is 0.264 e. The van der Waals surface area contributed by atoms with Gasteiger partial charge in [0.1, 0.15) is 6.61 Å². The zero-order valence-electron chi connectivity index (χ0n) is 13.4. The summed E-state index contributed by atoms with van der Waals surface area (Å²) in [5.41, 5.74) is 0.830. The molecule has 25 heavy (non-hydrogen) atoms. The molecule has 1 saturated heterocycles. The SMILES string of the molecule is C=CCOc1ccc(C=C2S/C(=N/c3nccs3)NC2=O)cc1OC. The molecule has 3 rings (SSSR count). The van der Waals surface area contributed by atoms with Crippen LogP contribution in [0.1, 0.15) is 5.56 Å². The molecule has 1 aromatic carbocycles. The van der Waals surface area contributed by atoms with Crippen LogP contribution in [0.15, 0.2) is 52.3 Å². The van der Waals surface area contributed by atoms with Gasteiger partial charge in [0.2, 0.25) is 5.13 Å². The van der Waals surface area contributed by atoms with E-state index in [2.05, 4.69) is 21.9 Å². The number of nitrogens with zero attached hydrogens (tertiary/aromatic N) is 2. The number of ether oxygens (including phenoxy) is 2. The number of nitrogens with one attached hydrogen (secondary N) is 1. The summed E-state index contributed by atoms with van der Waals surface area (Å²) in [7, 11) is 1.57. The monoisotopic (exact) mass is 373 g/mol. The molecular formula is C17H15N3O3S2. The number of carbonyl (C=O) groups is 1. The minimum absolute atomic E-state index is 0.189. The van der Waals surface area contributed by atoms with Crippen molar-refractivity contribution in [3.05, 3.63) is 52.9 Å². The highest BCUT2D eigenvalue weighted by atomic mass is 32.2. The van der Waals surface area contributed by atoms with Gasteiger partial charge in [0.15, 0.2) is 16.7 Å². The number of thiazole rings is 1. The number of thioether (sulfide) groups is 1. The molecule has 1 aliphatic rings. The van der Waals surface area contributed by atoms with Crippen molar-refractivity contribution in [2.24, 2.45) is 4.99 Å². The molecule has 8 heteroatoms. The minimum Gasteiger partial charge on any atom is -0.493 e.